The molecule has 0 bridgehead atoms. The number of carbonyl (C=O) groups is 1. The number of rotatable bonds is 11. The van der Waals surface area contributed by atoms with Crippen LogP contribution in [-0.2, 0) is 4.79 Å². The predicted octanol–water partition coefficient (Wildman–Crippen LogP) is 6.59. The highest BCUT2D eigenvalue weighted by Gasteiger charge is 2.17. The van der Waals surface area contributed by atoms with Crippen LogP contribution in [0.1, 0.15) is 54.8 Å². The molecule has 1 aromatic carbocycles. The highest BCUT2D eigenvalue weighted by Crippen LogP contribution is 2.28. The second-order valence-electron chi connectivity index (χ2n) is 7.08. The molecule has 0 amide bonds. The second-order valence-corrected chi connectivity index (χ2v) is 8.22. The number of nitriles is 1. The molecule has 2 rings (SSSR count). The summed E-state index contributed by atoms with van der Waals surface area (Å²) in [5, 5.41) is 17.8. The smallest absolute Gasteiger partial charge is 0.346 e. The number of unbranched alkanes of at least 4 members (excludes halogenated alkanes) is 2. The van der Waals surface area contributed by atoms with Crippen molar-refractivity contribution in [1.29, 1.82) is 5.26 Å². The van der Waals surface area contributed by atoms with Gasteiger partial charge in [0.1, 0.15) is 29.0 Å². The molecule has 1 aromatic heterocycles. The van der Waals surface area contributed by atoms with Gasteiger partial charge in [0, 0.05) is 22.8 Å². The van der Waals surface area contributed by atoms with Crippen LogP contribution in [0, 0.1) is 23.0 Å². The van der Waals surface area contributed by atoms with E-state index in [2.05, 4.69) is 0 Å². The van der Waals surface area contributed by atoms with E-state index < -0.39 is 17.6 Å². The van der Waals surface area contributed by atoms with Crippen molar-refractivity contribution >= 4 is 41.2 Å². The van der Waals surface area contributed by atoms with Gasteiger partial charge in [-0.2, -0.15) is 5.26 Å². The van der Waals surface area contributed by atoms with Gasteiger partial charge >= 0.3 is 5.97 Å². The number of carboxylic acid groups (broad SMARTS) is 1. The first-order chi connectivity index (χ1) is 14.9. The Hall–Kier alpha value is -2.98. The first-order valence-corrected chi connectivity index (χ1v) is 11.1. The van der Waals surface area contributed by atoms with Crippen LogP contribution in [0.4, 0.5) is 14.5 Å². The summed E-state index contributed by atoms with van der Waals surface area (Å²) in [5.74, 6) is -2.45. The number of aliphatic carboxylic acids is 1. The summed E-state index contributed by atoms with van der Waals surface area (Å²) in [7, 11) is 0. The average Bonchev–Trinajstić information content (AvgIpc) is 3.18. The maximum absolute atomic E-state index is 14.8. The van der Waals surface area contributed by atoms with Crippen molar-refractivity contribution in [2.24, 2.45) is 0 Å². The largest absolute Gasteiger partial charge is 0.477 e. The minimum atomic E-state index is -1.29. The fraction of sp³-hybridized carbons (Fsp3) is 0.333. The summed E-state index contributed by atoms with van der Waals surface area (Å²) in [4.78, 5) is 14.1. The van der Waals surface area contributed by atoms with E-state index in [1.54, 1.807) is 35.3 Å². The Balaban J connectivity index is 2.23. The van der Waals surface area contributed by atoms with E-state index >= 15 is 0 Å². The third-order valence-electron chi connectivity index (χ3n) is 4.64. The number of anilines is 1. The lowest BCUT2D eigenvalue weighted by Gasteiger charge is -2.25. The van der Waals surface area contributed by atoms with Gasteiger partial charge in [-0.3, -0.25) is 0 Å². The van der Waals surface area contributed by atoms with Gasteiger partial charge in [0.2, 0.25) is 0 Å². The van der Waals surface area contributed by atoms with Crippen LogP contribution in [0.3, 0.4) is 0 Å². The number of benzene rings is 1. The zero-order chi connectivity index (χ0) is 22.8. The van der Waals surface area contributed by atoms with Crippen LogP contribution in [0.2, 0.25) is 0 Å². The van der Waals surface area contributed by atoms with Crippen molar-refractivity contribution in [3.63, 3.8) is 0 Å². The lowest BCUT2D eigenvalue weighted by molar-refractivity contribution is -0.132. The third-order valence-corrected chi connectivity index (χ3v) is 5.64. The predicted molar refractivity (Wildman–Crippen MR) is 123 cm³/mol. The molecular formula is C24H26F2N2O2S. The molecule has 0 aliphatic carbocycles. The van der Waals surface area contributed by atoms with Gasteiger partial charge < -0.3 is 10.0 Å². The molecular weight excluding hydrogens is 418 g/mol. The highest BCUT2D eigenvalue weighted by atomic mass is 32.1. The van der Waals surface area contributed by atoms with Gasteiger partial charge in [-0.05, 0) is 54.8 Å². The number of carboxylic acids is 1. The topological polar surface area (TPSA) is 64.3 Å². The Kier molecular flexibility index (Phi) is 9.41. The number of nitrogens with zero attached hydrogens (tertiary/aromatic N) is 2. The molecule has 31 heavy (non-hydrogen) atoms. The average molecular weight is 445 g/mol. The van der Waals surface area contributed by atoms with Crippen molar-refractivity contribution < 1.29 is 18.7 Å². The minimum Gasteiger partial charge on any atom is -0.477 e. The van der Waals surface area contributed by atoms with Crippen molar-refractivity contribution in [2.75, 3.05) is 18.0 Å². The van der Waals surface area contributed by atoms with E-state index in [4.69, 9.17) is 10.4 Å². The molecule has 2 aromatic rings. The molecule has 0 aliphatic heterocycles. The van der Waals surface area contributed by atoms with Crippen molar-refractivity contribution in [3.8, 4) is 6.07 Å². The summed E-state index contributed by atoms with van der Waals surface area (Å²) >= 11 is 1.27. The first kappa shape index (κ1) is 24.3. The van der Waals surface area contributed by atoms with E-state index in [0.717, 1.165) is 30.6 Å². The first-order valence-electron chi connectivity index (χ1n) is 10.3. The minimum absolute atomic E-state index is 0.0281. The van der Waals surface area contributed by atoms with Gasteiger partial charge in [0.05, 0.1) is 0 Å². The summed E-state index contributed by atoms with van der Waals surface area (Å²) < 4.78 is 29.6. The number of hydrogen-bond acceptors (Lipinski definition) is 4. The third kappa shape index (κ3) is 7.04. The maximum atomic E-state index is 14.8. The monoisotopic (exact) mass is 444 g/mol. The van der Waals surface area contributed by atoms with E-state index in [1.807, 2.05) is 13.8 Å². The summed E-state index contributed by atoms with van der Waals surface area (Å²) in [6, 6.07) is 7.72. The zero-order valence-corrected chi connectivity index (χ0v) is 18.5. The highest BCUT2D eigenvalue weighted by molar-refractivity contribution is 7.13. The van der Waals surface area contributed by atoms with Crippen LogP contribution >= 0.6 is 11.3 Å². The number of halogens is 2. The molecule has 164 valence electrons. The lowest BCUT2D eigenvalue weighted by Crippen LogP contribution is -2.27. The molecule has 0 saturated carbocycles. The molecule has 7 heteroatoms. The van der Waals surface area contributed by atoms with Crippen LogP contribution in [0.15, 0.2) is 29.8 Å². The van der Waals surface area contributed by atoms with Gasteiger partial charge in [-0.1, -0.05) is 32.8 Å². The molecule has 1 heterocycles. The fourth-order valence-corrected chi connectivity index (χ4v) is 3.87. The maximum Gasteiger partial charge on any atom is 0.346 e. The summed E-state index contributed by atoms with van der Waals surface area (Å²) in [6.07, 6.45) is 8.25. The van der Waals surface area contributed by atoms with Gasteiger partial charge in [-0.15, -0.1) is 11.3 Å². The van der Waals surface area contributed by atoms with Gasteiger partial charge in [0.25, 0.3) is 0 Å². The van der Waals surface area contributed by atoms with Crippen LogP contribution in [-0.4, -0.2) is 24.2 Å². The Bertz CT molecular complexity index is 974. The Labute approximate surface area is 185 Å². The van der Waals surface area contributed by atoms with Crippen LogP contribution in [0.5, 0.6) is 0 Å². The van der Waals surface area contributed by atoms with Gasteiger partial charge in [0.15, 0.2) is 0 Å². The molecule has 0 fully saturated rings. The summed E-state index contributed by atoms with van der Waals surface area (Å²) in [5.41, 5.74) is 0.0755. The van der Waals surface area contributed by atoms with E-state index in [-0.39, 0.29) is 11.3 Å². The van der Waals surface area contributed by atoms with E-state index in [9.17, 15) is 13.6 Å². The van der Waals surface area contributed by atoms with Crippen molar-refractivity contribution in [2.45, 2.75) is 39.5 Å². The Morgan fingerprint density at radius 3 is 2.19 bits per heavy atom. The fourth-order valence-electron chi connectivity index (χ4n) is 3.01. The molecule has 4 nitrogen and oxygen atoms in total. The number of thiophene rings is 1. The number of hydrogen-bond donors (Lipinski definition) is 1. The van der Waals surface area contributed by atoms with Crippen molar-refractivity contribution in [3.05, 3.63) is 56.8 Å². The normalized spacial score (nSPS) is 11.6. The molecule has 0 atom stereocenters. The van der Waals surface area contributed by atoms with Crippen LogP contribution < -0.4 is 4.90 Å². The Morgan fingerprint density at radius 1 is 1.10 bits per heavy atom. The Morgan fingerprint density at radius 2 is 1.68 bits per heavy atom. The second kappa shape index (κ2) is 12.0. The standard InChI is InChI=1S/C24H26F2N2O2S/c1-3-5-11-28(12-6-4-2)23-21(25)13-17(14-22(23)26)7-8-19-9-10-20(31-19)15-18(16-27)24(29)30/h7-10,13-15H,3-6,11-12H2,1-2H3,(H,29,30). The SMILES string of the molecule is CCCCN(CCCC)c1c(F)cc(C=Cc2ccc(C=C(C#N)C(=O)O)s2)cc1F. The molecule has 0 aliphatic rings. The summed E-state index contributed by atoms with van der Waals surface area (Å²) in [6.45, 7) is 5.33. The van der Waals surface area contributed by atoms with E-state index in [0.29, 0.717) is 23.5 Å². The van der Waals surface area contributed by atoms with E-state index in [1.165, 1.54) is 29.5 Å². The lowest BCUT2D eigenvalue weighted by atomic mass is 10.1. The zero-order valence-electron chi connectivity index (χ0n) is 17.7. The molecule has 0 spiro atoms. The van der Waals surface area contributed by atoms with Gasteiger partial charge in [-0.25, -0.2) is 13.6 Å². The quantitative estimate of drug-likeness (QED) is 0.313. The molecule has 0 radical (unpaired) electrons. The molecule has 0 saturated heterocycles. The molecule has 0 unspecified atom stereocenters. The molecule has 1 N–H and O–H groups in total. The van der Waals surface area contributed by atoms with Crippen LogP contribution in [0.25, 0.3) is 18.2 Å². The van der Waals surface area contributed by atoms with Crippen molar-refractivity contribution in [1.82, 2.24) is 0 Å².